The Labute approximate surface area is 147 Å². The lowest BCUT2D eigenvalue weighted by molar-refractivity contribution is 0.327. The molecule has 0 aliphatic heterocycles. The smallest absolute Gasteiger partial charge is 0.345 e. The van der Waals surface area contributed by atoms with Crippen molar-refractivity contribution in [3.8, 4) is 28.5 Å². The molecule has 0 radical (unpaired) electrons. The van der Waals surface area contributed by atoms with Gasteiger partial charge in [0.25, 0.3) is 0 Å². The number of hydrogen-bond acceptors (Lipinski definition) is 5. The minimum Gasteiger partial charge on any atom is -0.493 e. The fourth-order valence-corrected chi connectivity index (χ4v) is 2.84. The van der Waals surface area contributed by atoms with Gasteiger partial charge >= 0.3 is 5.69 Å². The number of aromatic amines is 1. The third-order valence-electron chi connectivity index (χ3n) is 3.71. The van der Waals surface area contributed by atoms with Crippen LogP contribution in [0, 0.1) is 5.82 Å². The molecule has 0 aliphatic rings. The van der Waals surface area contributed by atoms with Crippen molar-refractivity contribution in [3.05, 3.63) is 45.6 Å². The number of ether oxygens (including phenoxy) is 3. The Morgan fingerprint density at radius 2 is 1.80 bits per heavy atom. The zero-order valence-corrected chi connectivity index (χ0v) is 14.4. The highest BCUT2D eigenvalue weighted by molar-refractivity contribution is 6.30. The standard InChI is InChI=1S/C17H14ClFN2O4/c1-23-12-7-11-13(16(25-3)15(12)24-2)14(21-17(22)20-11)9-6-8(18)4-5-10(9)19/h4-7H,1-3H3,(H,20,21,22). The molecule has 25 heavy (non-hydrogen) atoms. The highest BCUT2D eigenvalue weighted by Crippen LogP contribution is 2.45. The third-order valence-corrected chi connectivity index (χ3v) is 3.94. The minimum atomic E-state index is -0.642. The van der Waals surface area contributed by atoms with Gasteiger partial charge in [0.1, 0.15) is 5.82 Å². The second kappa shape index (κ2) is 6.60. The normalized spacial score (nSPS) is 10.8. The highest BCUT2D eigenvalue weighted by Gasteiger charge is 2.22. The quantitative estimate of drug-likeness (QED) is 0.768. The van der Waals surface area contributed by atoms with Gasteiger partial charge in [0, 0.05) is 16.7 Å². The SMILES string of the molecule is COc1cc2[nH]c(=O)nc(-c3cc(Cl)ccc3F)c2c(OC)c1OC. The maximum absolute atomic E-state index is 14.4. The Balaban J connectivity index is 2.51. The molecule has 3 rings (SSSR count). The van der Waals surface area contributed by atoms with Crippen LogP contribution < -0.4 is 19.9 Å². The zero-order valence-electron chi connectivity index (χ0n) is 13.6. The molecule has 2 aromatic carbocycles. The van der Waals surface area contributed by atoms with E-state index in [-0.39, 0.29) is 17.0 Å². The summed E-state index contributed by atoms with van der Waals surface area (Å²) in [6.45, 7) is 0. The summed E-state index contributed by atoms with van der Waals surface area (Å²) in [6, 6.07) is 5.58. The lowest BCUT2D eigenvalue weighted by atomic mass is 10.0. The molecule has 130 valence electrons. The van der Waals surface area contributed by atoms with Crippen LogP contribution in [0.25, 0.3) is 22.2 Å². The molecule has 0 saturated carbocycles. The first-order valence-corrected chi connectivity index (χ1v) is 7.56. The average molecular weight is 365 g/mol. The summed E-state index contributed by atoms with van der Waals surface area (Å²) in [5.41, 5.74) is -0.106. The van der Waals surface area contributed by atoms with Crippen molar-refractivity contribution in [2.45, 2.75) is 0 Å². The Morgan fingerprint density at radius 3 is 2.44 bits per heavy atom. The third kappa shape index (κ3) is 2.87. The van der Waals surface area contributed by atoms with E-state index in [0.29, 0.717) is 27.4 Å². The number of nitrogens with zero attached hydrogens (tertiary/aromatic N) is 1. The van der Waals surface area contributed by atoms with Gasteiger partial charge in [0.15, 0.2) is 11.5 Å². The molecule has 6 nitrogen and oxygen atoms in total. The number of halogens is 2. The predicted octanol–water partition coefficient (Wildman–Crippen LogP) is 3.41. The molecule has 0 spiro atoms. The van der Waals surface area contributed by atoms with Crippen LogP contribution in [0.1, 0.15) is 0 Å². The molecule has 0 bridgehead atoms. The molecule has 1 N–H and O–H groups in total. The van der Waals surface area contributed by atoms with Crippen molar-refractivity contribution >= 4 is 22.5 Å². The number of hydrogen-bond donors (Lipinski definition) is 1. The first-order valence-electron chi connectivity index (χ1n) is 7.18. The van der Waals surface area contributed by atoms with Crippen molar-refractivity contribution in [3.63, 3.8) is 0 Å². The lowest BCUT2D eigenvalue weighted by Gasteiger charge is -2.16. The van der Waals surface area contributed by atoms with E-state index in [1.807, 2.05) is 0 Å². The molecule has 0 atom stereocenters. The average Bonchev–Trinajstić information content (AvgIpc) is 2.61. The van der Waals surface area contributed by atoms with Gasteiger partial charge in [-0.05, 0) is 18.2 Å². The molecule has 8 heteroatoms. The van der Waals surface area contributed by atoms with Crippen LogP contribution in [0.5, 0.6) is 17.2 Å². The Hall–Kier alpha value is -2.80. The summed E-state index contributed by atoms with van der Waals surface area (Å²) < 4.78 is 30.4. The van der Waals surface area contributed by atoms with Crippen molar-refractivity contribution in [2.75, 3.05) is 21.3 Å². The summed E-state index contributed by atoms with van der Waals surface area (Å²) in [4.78, 5) is 18.5. The number of fused-ring (bicyclic) bond motifs is 1. The number of benzene rings is 2. The maximum atomic E-state index is 14.4. The molecule has 0 saturated heterocycles. The van der Waals surface area contributed by atoms with Crippen LogP contribution in [0.4, 0.5) is 4.39 Å². The highest BCUT2D eigenvalue weighted by atomic mass is 35.5. The number of rotatable bonds is 4. The Kier molecular flexibility index (Phi) is 4.50. The van der Waals surface area contributed by atoms with Crippen LogP contribution in [0.3, 0.4) is 0 Å². The van der Waals surface area contributed by atoms with E-state index in [2.05, 4.69) is 9.97 Å². The van der Waals surface area contributed by atoms with Gasteiger partial charge in [0.05, 0.1) is 37.9 Å². The van der Waals surface area contributed by atoms with Gasteiger partial charge < -0.3 is 19.2 Å². The summed E-state index contributed by atoms with van der Waals surface area (Å²) in [5.74, 6) is 0.344. The predicted molar refractivity (Wildman–Crippen MR) is 92.4 cm³/mol. The molecular weight excluding hydrogens is 351 g/mol. The number of aromatic nitrogens is 2. The molecule has 0 aliphatic carbocycles. The Morgan fingerprint density at radius 1 is 1.08 bits per heavy atom. The second-order valence-electron chi connectivity index (χ2n) is 5.08. The molecular formula is C17H14ClFN2O4. The maximum Gasteiger partial charge on any atom is 0.345 e. The summed E-state index contributed by atoms with van der Waals surface area (Å²) in [6.07, 6.45) is 0. The van der Waals surface area contributed by atoms with Crippen LogP contribution in [-0.4, -0.2) is 31.3 Å². The van der Waals surface area contributed by atoms with Gasteiger partial charge in [-0.1, -0.05) is 11.6 Å². The van der Waals surface area contributed by atoms with E-state index in [0.717, 1.165) is 0 Å². The number of H-pyrrole nitrogens is 1. The van der Waals surface area contributed by atoms with E-state index >= 15 is 0 Å². The van der Waals surface area contributed by atoms with Crippen LogP contribution in [0.15, 0.2) is 29.1 Å². The van der Waals surface area contributed by atoms with Crippen molar-refractivity contribution in [1.82, 2.24) is 9.97 Å². The first kappa shape index (κ1) is 17.0. The minimum absolute atomic E-state index is 0.0779. The van der Waals surface area contributed by atoms with Gasteiger partial charge in [-0.15, -0.1) is 0 Å². The lowest BCUT2D eigenvalue weighted by Crippen LogP contribution is -2.13. The van der Waals surface area contributed by atoms with Crippen LogP contribution in [0.2, 0.25) is 5.02 Å². The topological polar surface area (TPSA) is 73.4 Å². The molecule has 0 unspecified atom stereocenters. The molecule has 0 amide bonds. The van der Waals surface area contributed by atoms with Crippen molar-refractivity contribution in [1.29, 1.82) is 0 Å². The number of methoxy groups -OCH3 is 3. The molecule has 1 aromatic heterocycles. The molecule has 3 aromatic rings. The van der Waals surface area contributed by atoms with Gasteiger partial charge in [-0.25, -0.2) is 9.18 Å². The van der Waals surface area contributed by atoms with Crippen molar-refractivity contribution in [2.24, 2.45) is 0 Å². The summed E-state index contributed by atoms with van der Waals surface area (Å²) >= 11 is 5.98. The summed E-state index contributed by atoms with van der Waals surface area (Å²) in [7, 11) is 4.34. The van der Waals surface area contributed by atoms with Crippen molar-refractivity contribution < 1.29 is 18.6 Å². The van der Waals surface area contributed by atoms with E-state index in [9.17, 15) is 9.18 Å². The monoisotopic (exact) mass is 364 g/mol. The number of nitrogens with one attached hydrogen (secondary N) is 1. The fraction of sp³-hybridized carbons (Fsp3) is 0.176. The fourth-order valence-electron chi connectivity index (χ4n) is 2.66. The van der Waals surface area contributed by atoms with Crippen LogP contribution >= 0.6 is 11.6 Å². The zero-order chi connectivity index (χ0) is 18.1. The largest absolute Gasteiger partial charge is 0.493 e. The second-order valence-corrected chi connectivity index (χ2v) is 5.52. The summed E-state index contributed by atoms with van der Waals surface area (Å²) in [5, 5.41) is 0.687. The molecule has 1 heterocycles. The first-order chi connectivity index (χ1) is 12.0. The van der Waals surface area contributed by atoms with Gasteiger partial charge in [0.2, 0.25) is 5.75 Å². The van der Waals surface area contributed by atoms with Gasteiger partial charge in [-0.3, -0.25) is 0 Å². The van der Waals surface area contributed by atoms with Gasteiger partial charge in [-0.2, -0.15) is 4.98 Å². The Bertz CT molecular complexity index is 1020. The van der Waals surface area contributed by atoms with Crippen LogP contribution in [-0.2, 0) is 0 Å². The molecule has 0 fully saturated rings. The van der Waals surface area contributed by atoms with E-state index < -0.39 is 11.5 Å². The van der Waals surface area contributed by atoms with E-state index in [4.69, 9.17) is 25.8 Å². The van der Waals surface area contributed by atoms with E-state index in [1.165, 1.54) is 39.5 Å². The van der Waals surface area contributed by atoms with E-state index in [1.54, 1.807) is 6.07 Å².